The summed E-state index contributed by atoms with van der Waals surface area (Å²) in [6.45, 7) is 4.62. The van der Waals surface area contributed by atoms with Crippen molar-refractivity contribution in [2.75, 3.05) is 26.2 Å². The van der Waals surface area contributed by atoms with Crippen LogP contribution < -0.4 is 5.32 Å². The molecule has 6 heteroatoms. The van der Waals surface area contributed by atoms with Gasteiger partial charge in [0, 0.05) is 32.1 Å². The van der Waals surface area contributed by atoms with Gasteiger partial charge in [-0.05, 0) is 18.1 Å². The van der Waals surface area contributed by atoms with E-state index in [4.69, 9.17) is 0 Å². The van der Waals surface area contributed by atoms with Gasteiger partial charge in [0.1, 0.15) is 0 Å². The largest absolute Gasteiger partial charge is 0.416 e. The fourth-order valence-electron chi connectivity index (χ4n) is 2.51. The lowest BCUT2D eigenvalue weighted by molar-refractivity contribution is -0.137. The van der Waals surface area contributed by atoms with Crippen LogP contribution in [0, 0.1) is 5.92 Å². The molecule has 0 bridgehead atoms. The van der Waals surface area contributed by atoms with Crippen LogP contribution in [-0.4, -0.2) is 37.0 Å². The Balaban J connectivity index is 2.02. The number of carbonyl (C=O) groups excluding carboxylic acids is 1. The number of piperazine rings is 1. The van der Waals surface area contributed by atoms with Gasteiger partial charge in [-0.2, -0.15) is 13.2 Å². The molecule has 0 aromatic heterocycles. The van der Waals surface area contributed by atoms with Crippen LogP contribution in [0.15, 0.2) is 24.3 Å². The Kier molecular flexibility index (Phi) is 4.88. The van der Waals surface area contributed by atoms with E-state index in [9.17, 15) is 18.0 Å². The maximum Gasteiger partial charge on any atom is 0.416 e. The highest BCUT2D eigenvalue weighted by Crippen LogP contribution is 2.30. The fourth-order valence-corrected chi connectivity index (χ4v) is 2.51. The average Bonchev–Trinajstić information content (AvgIpc) is 2.47. The molecule has 0 saturated carbocycles. The Morgan fingerprint density at radius 3 is 2.62 bits per heavy atom. The van der Waals surface area contributed by atoms with Crippen LogP contribution in [0.5, 0.6) is 0 Å². The van der Waals surface area contributed by atoms with Gasteiger partial charge in [-0.1, -0.05) is 25.1 Å². The number of carbonyl (C=O) groups is 1. The zero-order chi connectivity index (χ0) is 15.5. The first kappa shape index (κ1) is 15.8. The second kappa shape index (κ2) is 6.47. The van der Waals surface area contributed by atoms with Crippen LogP contribution >= 0.6 is 0 Å². The molecule has 1 saturated heterocycles. The quantitative estimate of drug-likeness (QED) is 0.929. The molecule has 21 heavy (non-hydrogen) atoms. The summed E-state index contributed by atoms with van der Waals surface area (Å²) in [6, 6.07) is 5.20. The molecule has 1 N–H and O–H groups in total. The molecule has 1 aliphatic heterocycles. The van der Waals surface area contributed by atoms with E-state index in [1.54, 1.807) is 17.9 Å². The van der Waals surface area contributed by atoms with Crippen molar-refractivity contribution in [3.63, 3.8) is 0 Å². The Hall–Kier alpha value is -1.56. The van der Waals surface area contributed by atoms with Crippen molar-refractivity contribution in [3.05, 3.63) is 35.4 Å². The summed E-state index contributed by atoms with van der Waals surface area (Å²) in [7, 11) is 0. The van der Waals surface area contributed by atoms with Crippen LogP contribution in [-0.2, 0) is 17.4 Å². The van der Waals surface area contributed by atoms with Gasteiger partial charge in [0.2, 0.25) is 5.91 Å². The number of halogens is 3. The first-order valence-corrected chi connectivity index (χ1v) is 7.03. The molecule has 1 aliphatic rings. The molecule has 3 nitrogen and oxygen atoms in total. The number of nitrogens with zero attached hydrogens (tertiary/aromatic N) is 1. The summed E-state index contributed by atoms with van der Waals surface area (Å²) in [5, 5.41) is 3.16. The number of alkyl halides is 3. The molecule has 1 amide bonds. The molecule has 1 unspecified atom stereocenters. The molecule has 1 atom stereocenters. The van der Waals surface area contributed by atoms with Gasteiger partial charge in [0.15, 0.2) is 0 Å². The van der Waals surface area contributed by atoms with E-state index in [2.05, 4.69) is 5.32 Å². The molecule has 2 rings (SSSR count). The van der Waals surface area contributed by atoms with Gasteiger partial charge in [-0.25, -0.2) is 0 Å². The SMILES string of the molecule is CC(Cc1cccc(C(F)(F)F)c1)C(=O)N1CCNCC1. The molecular formula is C15H19F3N2O. The summed E-state index contributed by atoms with van der Waals surface area (Å²) in [4.78, 5) is 14.0. The first-order chi connectivity index (χ1) is 9.88. The normalized spacial score (nSPS) is 17.6. The lowest BCUT2D eigenvalue weighted by atomic mass is 9.98. The van der Waals surface area contributed by atoms with Gasteiger partial charge in [0.05, 0.1) is 5.56 Å². The average molecular weight is 300 g/mol. The molecule has 1 aromatic rings. The van der Waals surface area contributed by atoms with Crippen LogP contribution in [0.3, 0.4) is 0 Å². The predicted molar refractivity (Wildman–Crippen MR) is 73.8 cm³/mol. The summed E-state index contributed by atoms with van der Waals surface area (Å²) in [6.07, 6.45) is -4.02. The third-order valence-electron chi connectivity index (χ3n) is 3.65. The number of hydrogen-bond acceptors (Lipinski definition) is 2. The van der Waals surface area contributed by atoms with E-state index in [1.165, 1.54) is 6.07 Å². The van der Waals surface area contributed by atoms with Crippen LogP contribution in [0.25, 0.3) is 0 Å². The molecule has 0 radical (unpaired) electrons. The Morgan fingerprint density at radius 1 is 1.33 bits per heavy atom. The third kappa shape index (κ3) is 4.20. The van der Waals surface area contributed by atoms with E-state index in [0.29, 0.717) is 25.1 Å². The minimum absolute atomic E-state index is 0.00825. The summed E-state index contributed by atoms with van der Waals surface area (Å²) in [5.41, 5.74) is -0.123. The Bertz CT molecular complexity index is 496. The Labute approximate surface area is 122 Å². The molecule has 0 spiro atoms. The zero-order valence-corrected chi connectivity index (χ0v) is 11.9. The number of amides is 1. The lowest BCUT2D eigenvalue weighted by Gasteiger charge is -2.29. The Morgan fingerprint density at radius 2 is 2.00 bits per heavy atom. The number of nitrogens with one attached hydrogen (secondary N) is 1. The smallest absolute Gasteiger partial charge is 0.340 e. The minimum Gasteiger partial charge on any atom is -0.340 e. The maximum atomic E-state index is 12.7. The minimum atomic E-state index is -4.35. The van der Waals surface area contributed by atoms with Crippen molar-refractivity contribution in [1.82, 2.24) is 10.2 Å². The van der Waals surface area contributed by atoms with Crippen LogP contribution in [0.2, 0.25) is 0 Å². The third-order valence-corrected chi connectivity index (χ3v) is 3.65. The van der Waals surface area contributed by atoms with Crippen LogP contribution in [0.4, 0.5) is 13.2 Å². The van der Waals surface area contributed by atoms with E-state index in [0.717, 1.165) is 25.2 Å². The lowest BCUT2D eigenvalue weighted by Crippen LogP contribution is -2.48. The molecule has 116 valence electrons. The molecule has 1 heterocycles. The predicted octanol–water partition coefficient (Wildman–Crippen LogP) is 2.32. The highest BCUT2D eigenvalue weighted by molar-refractivity contribution is 5.79. The van der Waals surface area contributed by atoms with Crippen molar-refractivity contribution in [3.8, 4) is 0 Å². The molecule has 0 aliphatic carbocycles. The van der Waals surface area contributed by atoms with Gasteiger partial charge in [-0.3, -0.25) is 4.79 Å². The highest BCUT2D eigenvalue weighted by atomic mass is 19.4. The van der Waals surface area contributed by atoms with Crippen molar-refractivity contribution >= 4 is 5.91 Å². The van der Waals surface area contributed by atoms with E-state index < -0.39 is 11.7 Å². The van der Waals surface area contributed by atoms with E-state index >= 15 is 0 Å². The zero-order valence-electron chi connectivity index (χ0n) is 11.9. The fraction of sp³-hybridized carbons (Fsp3) is 0.533. The number of benzene rings is 1. The molecule has 1 fully saturated rings. The van der Waals surface area contributed by atoms with Crippen molar-refractivity contribution in [1.29, 1.82) is 0 Å². The maximum absolute atomic E-state index is 12.7. The standard InChI is InChI=1S/C15H19F3N2O/c1-11(14(21)20-7-5-19-6-8-20)9-12-3-2-4-13(10-12)15(16,17)18/h2-4,10-11,19H,5-9H2,1H3. The second-order valence-corrected chi connectivity index (χ2v) is 5.38. The topological polar surface area (TPSA) is 32.3 Å². The number of hydrogen-bond donors (Lipinski definition) is 1. The van der Waals surface area contributed by atoms with Crippen LogP contribution in [0.1, 0.15) is 18.1 Å². The summed E-state index contributed by atoms with van der Waals surface area (Å²) in [5.74, 6) is -0.305. The van der Waals surface area contributed by atoms with Gasteiger partial charge >= 0.3 is 6.18 Å². The molecule has 1 aromatic carbocycles. The number of rotatable bonds is 3. The first-order valence-electron chi connectivity index (χ1n) is 7.03. The van der Waals surface area contributed by atoms with Crippen molar-refractivity contribution in [2.24, 2.45) is 5.92 Å². The van der Waals surface area contributed by atoms with Gasteiger partial charge < -0.3 is 10.2 Å². The van der Waals surface area contributed by atoms with Gasteiger partial charge in [-0.15, -0.1) is 0 Å². The van der Waals surface area contributed by atoms with Crippen molar-refractivity contribution < 1.29 is 18.0 Å². The monoisotopic (exact) mass is 300 g/mol. The van der Waals surface area contributed by atoms with E-state index in [-0.39, 0.29) is 11.8 Å². The van der Waals surface area contributed by atoms with Crippen molar-refractivity contribution in [2.45, 2.75) is 19.5 Å². The summed E-state index contributed by atoms with van der Waals surface area (Å²) < 4.78 is 38.0. The highest BCUT2D eigenvalue weighted by Gasteiger charge is 2.30. The van der Waals surface area contributed by atoms with Gasteiger partial charge in [0.25, 0.3) is 0 Å². The second-order valence-electron chi connectivity index (χ2n) is 5.38. The summed E-state index contributed by atoms with van der Waals surface area (Å²) >= 11 is 0. The van der Waals surface area contributed by atoms with E-state index in [1.807, 2.05) is 0 Å². The molecular weight excluding hydrogens is 281 g/mol.